The van der Waals surface area contributed by atoms with Gasteiger partial charge in [-0.3, -0.25) is 0 Å². The predicted molar refractivity (Wildman–Crippen MR) is 81.3 cm³/mol. The van der Waals surface area contributed by atoms with E-state index in [1.807, 2.05) is 35.7 Å². The summed E-state index contributed by atoms with van der Waals surface area (Å²) >= 11 is 6.80. The maximum absolute atomic E-state index is 5.25. The van der Waals surface area contributed by atoms with Crippen molar-refractivity contribution in [1.29, 1.82) is 0 Å². The summed E-state index contributed by atoms with van der Waals surface area (Å²) in [5.41, 5.74) is 0. The van der Waals surface area contributed by atoms with Crippen LogP contribution in [0.2, 0.25) is 0 Å². The highest BCUT2D eigenvalue weighted by molar-refractivity contribution is 9.10. The van der Waals surface area contributed by atoms with Crippen molar-refractivity contribution < 1.29 is 4.52 Å². The summed E-state index contributed by atoms with van der Waals surface area (Å²) in [5, 5.41) is 6.00. The summed E-state index contributed by atoms with van der Waals surface area (Å²) < 4.78 is 6.34. The van der Waals surface area contributed by atoms with Crippen molar-refractivity contribution in [3.63, 3.8) is 0 Å². The molecular weight excluding hydrogens is 344 g/mol. The molecule has 6 heteroatoms. The van der Waals surface area contributed by atoms with E-state index >= 15 is 0 Å². The summed E-state index contributed by atoms with van der Waals surface area (Å²) in [6.45, 7) is 0. The molecule has 3 rings (SSSR count). The third-order valence-corrected chi connectivity index (χ3v) is 5.27. The number of rotatable bonds is 4. The number of thiophene rings is 1. The van der Waals surface area contributed by atoms with E-state index in [9.17, 15) is 0 Å². The highest BCUT2D eigenvalue weighted by Crippen LogP contribution is 2.30. The molecule has 0 aliphatic carbocycles. The molecule has 0 radical (unpaired) electrons. The molecule has 3 aromatic rings. The van der Waals surface area contributed by atoms with Gasteiger partial charge in [-0.05, 0) is 39.5 Å². The van der Waals surface area contributed by atoms with Gasteiger partial charge in [-0.1, -0.05) is 23.4 Å². The molecular formula is C13H9BrN2OS2. The Balaban J connectivity index is 1.70. The SMILES string of the molecule is Brc1ccccc1SCc1noc(-c2cccs2)n1. The molecule has 0 bridgehead atoms. The summed E-state index contributed by atoms with van der Waals surface area (Å²) in [6.07, 6.45) is 0. The topological polar surface area (TPSA) is 38.9 Å². The molecule has 1 aromatic carbocycles. The summed E-state index contributed by atoms with van der Waals surface area (Å²) in [7, 11) is 0. The van der Waals surface area contributed by atoms with Gasteiger partial charge in [-0.2, -0.15) is 4.98 Å². The number of nitrogens with zero attached hydrogens (tertiary/aromatic N) is 2. The van der Waals surface area contributed by atoms with E-state index in [0.717, 1.165) is 9.35 Å². The van der Waals surface area contributed by atoms with Crippen LogP contribution in [0.5, 0.6) is 0 Å². The van der Waals surface area contributed by atoms with Crippen molar-refractivity contribution in [2.75, 3.05) is 0 Å². The van der Waals surface area contributed by atoms with E-state index < -0.39 is 0 Å². The first-order valence-corrected chi connectivity index (χ1v) is 8.22. The molecule has 96 valence electrons. The lowest BCUT2D eigenvalue weighted by molar-refractivity contribution is 0.426. The molecule has 0 fully saturated rings. The number of aromatic nitrogens is 2. The van der Waals surface area contributed by atoms with Crippen LogP contribution in [0.25, 0.3) is 10.8 Å². The minimum atomic E-state index is 0.595. The number of thioether (sulfide) groups is 1. The van der Waals surface area contributed by atoms with Gasteiger partial charge in [0, 0.05) is 9.37 Å². The molecule has 0 N–H and O–H groups in total. The molecule has 0 aliphatic heterocycles. The van der Waals surface area contributed by atoms with Gasteiger partial charge in [0.05, 0.1) is 10.6 Å². The summed E-state index contributed by atoms with van der Waals surface area (Å²) in [5.74, 6) is 2.00. The van der Waals surface area contributed by atoms with Gasteiger partial charge in [0.15, 0.2) is 5.82 Å². The molecule has 2 aromatic heterocycles. The summed E-state index contributed by atoms with van der Waals surface area (Å²) in [6, 6.07) is 12.0. The third-order valence-electron chi connectivity index (χ3n) is 2.39. The first kappa shape index (κ1) is 12.9. The Hall–Kier alpha value is -1.11. The van der Waals surface area contributed by atoms with E-state index in [4.69, 9.17) is 4.52 Å². The molecule has 0 unspecified atom stereocenters. The Bertz CT molecular complexity index is 667. The second-order valence-corrected chi connectivity index (χ2v) is 6.53. The van der Waals surface area contributed by atoms with E-state index in [-0.39, 0.29) is 0 Å². The predicted octanol–water partition coefficient (Wildman–Crippen LogP) is 4.85. The van der Waals surface area contributed by atoms with Gasteiger partial charge in [-0.15, -0.1) is 23.1 Å². The van der Waals surface area contributed by atoms with Gasteiger partial charge < -0.3 is 4.52 Å². The Morgan fingerprint density at radius 1 is 1.21 bits per heavy atom. The summed E-state index contributed by atoms with van der Waals surface area (Å²) in [4.78, 5) is 6.57. The fourth-order valence-corrected chi connectivity index (χ4v) is 3.57. The van der Waals surface area contributed by atoms with Crippen LogP contribution in [0.4, 0.5) is 0 Å². The first-order chi connectivity index (χ1) is 9.33. The Labute approximate surface area is 127 Å². The molecule has 3 nitrogen and oxygen atoms in total. The van der Waals surface area contributed by atoms with Crippen molar-refractivity contribution in [3.05, 3.63) is 52.1 Å². The molecule has 0 aliphatic rings. The minimum Gasteiger partial charge on any atom is -0.333 e. The quantitative estimate of drug-likeness (QED) is 0.629. The number of hydrogen-bond acceptors (Lipinski definition) is 5. The monoisotopic (exact) mass is 352 g/mol. The van der Waals surface area contributed by atoms with Crippen LogP contribution >= 0.6 is 39.0 Å². The lowest BCUT2D eigenvalue weighted by atomic mass is 10.4. The molecule has 0 atom stereocenters. The molecule has 0 saturated carbocycles. The minimum absolute atomic E-state index is 0.595. The van der Waals surface area contributed by atoms with Crippen molar-refractivity contribution >= 4 is 39.0 Å². The van der Waals surface area contributed by atoms with Crippen molar-refractivity contribution in [3.8, 4) is 10.8 Å². The van der Waals surface area contributed by atoms with Gasteiger partial charge in [0.2, 0.25) is 0 Å². The number of halogens is 1. The maximum Gasteiger partial charge on any atom is 0.268 e. The van der Waals surface area contributed by atoms with Crippen LogP contribution in [-0.4, -0.2) is 10.1 Å². The van der Waals surface area contributed by atoms with Crippen LogP contribution < -0.4 is 0 Å². The number of hydrogen-bond donors (Lipinski definition) is 0. The van der Waals surface area contributed by atoms with Crippen LogP contribution in [-0.2, 0) is 5.75 Å². The van der Waals surface area contributed by atoms with Crippen LogP contribution in [0, 0.1) is 0 Å². The molecule has 0 amide bonds. The van der Waals surface area contributed by atoms with Crippen LogP contribution in [0.1, 0.15) is 5.82 Å². The lowest BCUT2D eigenvalue weighted by Gasteiger charge is -2.00. The Morgan fingerprint density at radius 3 is 2.89 bits per heavy atom. The first-order valence-electron chi connectivity index (χ1n) is 5.57. The highest BCUT2D eigenvalue weighted by Gasteiger charge is 2.10. The molecule has 2 heterocycles. The smallest absolute Gasteiger partial charge is 0.268 e. The van der Waals surface area contributed by atoms with E-state index in [1.54, 1.807) is 23.1 Å². The van der Waals surface area contributed by atoms with Gasteiger partial charge >= 0.3 is 0 Å². The van der Waals surface area contributed by atoms with Crippen molar-refractivity contribution in [2.24, 2.45) is 0 Å². The molecule has 19 heavy (non-hydrogen) atoms. The normalized spacial score (nSPS) is 10.8. The zero-order valence-corrected chi connectivity index (χ0v) is 13.0. The number of benzene rings is 1. The largest absolute Gasteiger partial charge is 0.333 e. The average molecular weight is 353 g/mol. The molecule has 0 saturated heterocycles. The standard InChI is InChI=1S/C13H9BrN2OS2/c14-9-4-1-2-5-10(9)19-8-12-15-13(17-16-12)11-6-3-7-18-11/h1-7H,8H2. The van der Waals surface area contributed by atoms with E-state index in [2.05, 4.69) is 32.1 Å². The third kappa shape index (κ3) is 3.08. The molecule has 0 spiro atoms. The second-order valence-electron chi connectivity index (χ2n) is 3.71. The second kappa shape index (κ2) is 5.90. The van der Waals surface area contributed by atoms with Gasteiger partial charge in [-0.25, -0.2) is 0 Å². The van der Waals surface area contributed by atoms with Crippen molar-refractivity contribution in [1.82, 2.24) is 10.1 Å². The fourth-order valence-electron chi connectivity index (χ4n) is 1.52. The van der Waals surface area contributed by atoms with E-state index in [1.165, 1.54) is 4.90 Å². The lowest BCUT2D eigenvalue weighted by Crippen LogP contribution is -1.84. The van der Waals surface area contributed by atoms with Crippen LogP contribution in [0.3, 0.4) is 0 Å². The fraction of sp³-hybridized carbons (Fsp3) is 0.0769. The van der Waals surface area contributed by atoms with Gasteiger partial charge in [0.25, 0.3) is 5.89 Å². The van der Waals surface area contributed by atoms with Gasteiger partial charge in [0.1, 0.15) is 0 Å². The van der Waals surface area contributed by atoms with E-state index in [0.29, 0.717) is 17.5 Å². The van der Waals surface area contributed by atoms with Crippen LogP contribution in [0.15, 0.2) is 55.7 Å². The zero-order chi connectivity index (χ0) is 13.1. The maximum atomic E-state index is 5.25. The Morgan fingerprint density at radius 2 is 2.11 bits per heavy atom. The van der Waals surface area contributed by atoms with Crippen molar-refractivity contribution in [2.45, 2.75) is 10.6 Å². The zero-order valence-electron chi connectivity index (χ0n) is 9.75. The highest BCUT2D eigenvalue weighted by atomic mass is 79.9. The average Bonchev–Trinajstić information content (AvgIpc) is 3.09. The Kier molecular flexibility index (Phi) is 4.00.